The number of hydrogen-bond donors (Lipinski definition) is 2. The first kappa shape index (κ1) is 23.7. The van der Waals surface area contributed by atoms with Crippen LogP contribution in [0.5, 0.6) is 0 Å². The highest BCUT2D eigenvalue weighted by molar-refractivity contribution is 14.1. The molecule has 2 aromatic heterocycles. The van der Waals surface area contributed by atoms with Gasteiger partial charge in [0.1, 0.15) is 11.4 Å². The summed E-state index contributed by atoms with van der Waals surface area (Å²) in [7, 11) is 3.59. The summed E-state index contributed by atoms with van der Waals surface area (Å²) in [6, 6.07) is 3.63. The predicted molar refractivity (Wildman–Crippen MR) is 133 cm³/mol. The number of thiol groups is 1. The van der Waals surface area contributed by atoms with Crippen LogP contribution in [0.1, 0.15) is 17.3 Å². The number of esters is 1. The molecule has 2 atom stereocenters. The van der Waals surface area contributed by atoms with Gasteiger partial charge in [-0.15, -0.1) is 12.6 Å². The molecule has 0 unspecified atom stereocenters. The molecule has 3 rings (SSSR count). The van der Waals surface area contributed by atoms with Crippen LogP contribution in [0.15, 0.2) is 39.7 Å². The minimum atomic E-state index is -0.680. The highest BCUT2D eigenvalue weighted by Crippen LogP contribution is 2.23. The fraction of sp³-hybridized carbons (Fsp3) is 0.400. The maximum Gasteiger partial charge on any atom is 0.343 e. The summed E-state index contributed by atoms with van der Waals surface area (Å²) >= 11 is 6.04. The summed E-state index contributed by atoms with van der Waals surface area (Å²) in [4.78, 5) is 36.5. The van der Waals surface area contributed by atoms with Crippen molar-refractivity contribution in [2.45, 2.75) is 19.1 Å². The molecule has 1 aliphatic heterocycles. The lowest BCUT2D eigenvalue weighted by molar-refractivity contribution is 0.0524. The van der Waals surface area contributed by atoms with Crippen LogP contribution in [0.2, 0.25) is 0 Å². The second-order valence-corrected chi connectivity index (χ2v) is 8.04. The van der Waals surface area contributed by atoms with Crippen molar-refractivity contribution >= 4 is 61.9 Å². The summed E-state index contributed by atoms with van der Waals surface area (Å²) in [6.07, 6.45) is 2.96. The molecule has 1 saturated heterocycles. The number of likely N-dealkylation sites (N-methyl/N-ethyl adjacent to an activating group) is 1. The summed E-state index contributed by atoms with van der Waals surface area (Å²) < 4.78 is 12.7. The van der Waals surface area contributed by atoms with E-state index in [-0.39, 0.29) is 24.3 Å². The van der Waals surface area contributed by atoms with Crippen LogP contribution >= 0.6 is 35.2 Å². The number of rotatable bonds is 6. The number of carbonyl (C=O) groups is 1. The molecule has 1 fully saturated rings. The minimum Gasteiger partial charge on any atom is -0.462 e. The fourth-order valence-corrected chi connectivity index (χ4v) is 4.09. The van der Waals surface area contributed by atoms with E-state index in [4.69, 9.17) is 14.5 Å². The zero-order valence-corrected chi connectivity index (χ0v) is 20.5. The second-order valence-electron chi connectivity index (χ2n) is 6.77. The Hall–Kier alpha value is -1.96. The number of halogens is 1. The van der Waals surface area contributed by atoms with Crippen molar-refractivity contribution in [3.8, 4) is 0 Å². The number of fused-ring (bicyclic) bond motifs is 1. The van der Waals surface area contributed by atoms with Gasteiger partial charge < -0.3 is 19.7 Å². The van der Waals surface area contributed by atoms with Crippen LogP contribution in [-0.4, -0.2) is 65.4 Å². The van der Waals surface area contributed by atoms with E-state index in [9.17, 15) is 9.59 Å². The third kappa shape index (κ3) is 4.94. The molecule has 31 heavy (non-hydrogen) atoms. The standard InChI is InChI=1S/C20H24IN5O4S/c1-4-30-19(28)13-9-26(20(21)23-7-8-31)18-12(17(13)27)5-6-16(24-18)25-10-14(22-2)15(11-25)29-3/h5-9,14-15,22,31H,4,10-11H2,1-3H3/b8-7-,23-20?/t14-,15-/m0/s1. The molecular weight excluding hydrogens is 533 g/mol. The highest BCUT2D eigenvalue weighted by atomic mass is 127. The van der Waals surface area contributed by atoms with Gasteiger partial charge >= 0.3 is 5.97 Å². The van der Waals surface area contributed by atoms with Gasteiger partial charge in [0, 0.05) is 55.2 Å². The van der Waals surface area contributed by atoms with Gasteiger partial charge in [-0.05, 0) is 31.5 Å². The molecule has 1 N–H and O–H groups in total. The maximum absolute atomic E-state index is 13.0. The van der Waals surface area contributed by atoms with Gasteiger partial charge in [0.25, 0.3) is 0 Å². The first-order chi connectivity index (χ1) is 14.9. The Morgan fingerprint density at radius 1 is 1.45 bits per heavy atom. The van der Waals surface area contributed by atoms with Crippen molar-refractivity contribution in [3.63, 3.8) is 0 Å². The molecule has 0 amide bonds. The van der Waals surface area contributed by atoms with Crippen LogP contribution in [0.3, 0.4) is 0 Å². The largest absolute Gasteiger partial charge is 0.462 e. The number of pyridine rings is 2. The molecule has 3 heterocycles. The quantitative estimate of drug-likeness (QED) is 0.185. The number of ether oxygens (including phenoxy) is 2. The second kappa shape index (κ2) is 10.6. The van der Waals surface area contributed by atoms with E-state index in [2.05, 4.69) is 27.8 Å². The Morgan fingerprint density at radius 2 is 2.23 bits per heavy atom. The average molecular weight is 557 g/mol. The molecule has 11 heteroatoms. The lowest BCUT2D eigenvalue weighted by Gasteiger charge is -2.19. The van der Waals surface area contributed by atoms with Crippen molar-refractivity contribution in [2.24, 2.45) is 4.99 Å². The fourth-order valence-electron chi connectivity index (χ4n) is 3.50. The van der Waals surface area contributed by atoms with Gasteiger partial charge in [-0.3, -0.25) is 9.36 Å². The minimum absolute atomic E-state index is 0.0260. The van der Waals surface area contributed by atoms with Gasteiger partial charge in [-0.1, -0.05) is 0 Å². The molecule has 0 spiro atoms. The molecule has 0 bridgehead atoms. The van der Waals surface area contributed by atoms with E-state index in [1.54, 1.807) is 30.7 Å². The first-order valence-electron chi connectivity index (χ1n) is 9.66. The smallest absolute Gasteiger partial charge is 0.343 e. The third-order valence-corrected chi connectivity index (χ3v) is 5.97. The van der Waals surface area contributed by atoms with Gasteiger partial charge in [-0.25, -0.2) is 14.8 Å². The van der Waals surface area contributed by atoms with Crippen molar-refractivity contribution in [2.75, 3.05) is 38.8 Å². The monoisotopic (exact) mass is 557 g/mol. The molecular formula is C20H24IN5O4S. The summed E-state index contributed by atoms with van der Waals surface area (Å²) in [5, 5.41) is 5.05. The van der Waals surface area contributed by atoms with Crippen LogP contribution in [0, 0.1) is 0 Å². The van der Waals surface area contributed by atoms with Gasteiger partial charge in [0.2, 0.25) is 5.43 Å². The third-order valence-electron chi connectivity index (χ3n) is 5.04. The first-order valence-corrected chi connectivity index (χ1v) is 11.3. The number of methoxy groups -OCH3 is 1. The Bertz CT molecular complexity index is 1080. The SMILES string of the molecule is CCOC(=O)c1cn(C(I)=N/C=C\S)c2nc(N3C[C@H](NC)[C@@H](OC)C3)ccc2c1=O. The zero-order chi connectivity index (χ0) is 22.5. The molecule has 0 radical (unpaired) electrons. The number of nitrogens with zero attached hydrogens (tertiary/aromatic N) is 4. The predicted octanol–water partition coefficient (Wildman–Crippen LogP) is 2.04. The van der Waals surface area contributed by atoms with Crippen LogP contribution < -0.4 is 15.6 Å². The van der Waals surface area contributed by atoms with Crippen molar-refractivity contribution in [1.82, 2.24) is 14.9 Å². The number of aromatic nitrogens is 2. The van der Waals surface area contributed by atoms with E-state index in [0.29, 0.717) is 33.8 Å². The molecule has 0 aliphatic carbocycles. The lowest BCUT2D eigenvalue weighted by Crippen LogP contribution is -2.37. The Kier molecular flexibility index (Phi) is 8.08. The number of aliphatic imine (C=N–C) groups is 1. The molecule has 9 nitrogen and oxygen atoms in total. The maximum atomic E-state index is 13.0. The van der Waals surface area contributed by atoms with Gasteiger partial charge in [0.05, 0.1) is 24.1 Å². The van der Waals surface area contributed by atoms with Crippen molar-refractivity contribution in [3.05, 3.63) is 45.7 Å². The zero-order valence-electron chi connectivity index (χ0n) is 17.4. The normalized spacial score (nSPS) is 19.5. The highest BCUT2D eigenvalue weighted by Gasteiger charge is 2.32. The number of carbonyl (C=O) groups excluding carboxylic acids is 1. The number of anilines is 1. The summed E-state index contributed by atoms with van der Waals surface area (Å²) in [5.74, 6) is 0.0266. The van der Waals surface area contributed by atoms with Crippen LogP contribution in [-0.2, 0) is 9.47 Å². The number of hydrogen-bond acceptors (Lipinski definition) is 9. The number of nitrogens with one attached hydrogen (secondary N) is 1. The van der Waals surface area contributed by atoms with Gasteiger partial charge in [-0.2, -0.15) is 0 Å². The Balaban J connectivity index is 2.17. The van der Waals surface area contributed by atoms with E-state index in [0.717, 1.165) is 0 Å². The van der Waals surface area contributed by atoms with Crippen molar-refractivity contribution < 1.29 is 14.3 Å². The van der Waals surface area contributed by atoms with E-state index < -0.39 is 11.4 Å². The average Bonchev–Trinajstić information content (AvgIpc) is 3.21. The molecule has 0 aromatic carbocycles. The van der Waals surface area contributed by atoms with E-state index >= 15 is 0 Å². The van der Waals surface area contributed by atoms with E-state index in [1.807, 2.05) is 29.6 Å². The Labute approximate surface area is 199 Å². The van der Waals surface area contributed by atoms with Gasteiger partial charge in [0.15, 0.2) is 9.49 Å². The Morgan fingerprint density at radius 3 is 2.84 bits per heavy atom. The topological polar surface area (TPSA) is 98.1 Å². The lowest BCUT2D eigenvalue weighted by atomic mass is 10.2. The molecule has 166 valence electrons. The molecule has 0 saturated carbocycles. The van der Waals surface area contributed by atoms with Crippen LogP contribution in [0.25, 0.3) is 11.0 Å². The summed E-state index contributed by atoms with van der Waals surface area (Å²) in [6.45, 7) is 3.24. The van der Waals surface area contributed by atoms with Crippen LogP contribution in [0.4, 0.5) is 5.82 Å². The van der Waals surface area contributed by atoms with E-state index in [1.165, 1.54) is 17.8 Å². The molecule has 2 aromatic rings. The summed E-state index contributed by atoms with van der Waals surface area (Å²) in [5.41, 5.74) is -0.0981. The van der Waals surface area contributed by atoms with Crippen molar-refractivity contribution in [1.29, 1.82) is 0 Å². The molecule has 1 aliphatic rings.